The van der Waals surface area contributed by atoms with E-state index >= 15 is 0 Å². The topological polar surface area (TPSA) is 60.8 Å². The maximum atomic E-state index is 11.3. The zero-order chi connectivity index (χ0) is 12.8. The minimum absolute atomic E-state index is 0.0254. The number of carboxylic acid groups (broad SMARTS) is 1. The van der Waals surface area contributed by atoms with E-state index in [0.717, 1.165) is 5.56 Å². The number of aliphatic hydroxyl groups is 1. The fourth-order valence-corrected chi connectivity index (χ4v) is 1.62. The van der Waals surface area contributed by atoms with Crippen molar-refractivity contribution in [1.29, 1.82) is 0 Å². The van der Waals surface area contributed by atoms with Gasteiger partial charge in [-0.2, -0.15) is 0 Å². The number of nitrogens with zero attached hydrogens (tertiary/aromatic N) is 1. The van der Waals surface area contributed by atoms with Crippen LogP contribution in [0.25, 0.3) is 0 Å². The molecule has 0 saturated heterocycles. The van der Waals surface area contributed by atoms with Crippen LogP contribution in [0.3, 0.4) is 0 Å². The van der Waals surface area contributed by atoms with Gasteiger partial charge < -0.3 is 15.1 Å². The van der Waals surface area contributed by atoms with Gasteiger partial charge in [0.15, 0.2) is 0 Å². The Bertz CT molecular complexity index is 353. The molecule has 4 nitrogen and oxygen atoms in total. The lowest BCUT2D eigenvalue weighted by molar-refractivity contribution is -0.139. The van der Waals surface area contributed by atoms with Crippen molar-refractivity contribution < 1.29 is 15.0 Å². The quantitative estimate of drug-likeness (QED) is 0.779. The third kappa shape index (κ3) is 3.84. The summed E-state index contributed by atoms with van der Waals surface area (Å²) in [5.74, 6) is -1.40. The van der Waals surface area contributed by atoms with Gasteiger partial charge in [-0.25, -0.2) is 0 Å². The number of rotatable bonds is 6. The maximum Gasteiger partial charge on any atom is 0.312 e. The normalized spacial score (nSPS) is 14.6. The van der Waals surface area contributed by atoms with Crippen molar-refractivity contribution >= 4 is 5.97 Å². The van der Waals surface area contributed by atoms with Crippen molar-refractivity contribution in [2.24, 2.45) is 0 Å². The van der Waals surface area contributed by atoms with Gasteiger partial charge in [-0.3, -0.25) is 4.79 Å². The predicted octanol–water partition coefficient (Wildman–Crippen LogP) is 1.17. The third-order valence-electron chi connectivity index (χ3n) is 2.99. The van der Waals surface area contributed by atoms with E-state index in [1.54, 1.807) is 0 Å². The first-order valence-corrected chi connectivity index (χ1v) is 5.65. The molecule has 2 unspecified atom stereocenters. The highest BCUT2D eigenvalue weighted by Gasteiger charge is 2.23. The predicted molar refractivity (Wildman–Crippen MR) is 66.0 cm³/mol. The monoisotopic (exact) mass is 237 g/mol. The lowest BCUT2D eigenvalue weighted by Gasteiger charge is -2.26. The number of carbonyl (C=O) groups is 1. The smallest absolute Gasteiger partial charge is 0.312 e. The van der Waals surface area contributed by atoms with Gasteiger partial charge >= 0.3 is 5.97 Å². The molecule has 94 valence electrons. The van der Waals surface area contributed by atoms with Gasteiger partial charge in [-0.1, -0.05) is 30.3 Å². The van der Waals surface area contributed by atoms with E-state index in [-0.39, 0.29) is 12.6 Å². The van der Waals surface area contributed by atoms with Crippen LogP contribution in [0.2, 0.25) is 0 Å². The van der Waals surface area contributed by atoms with E-state index in [9.17, 15) is 9.90 Å². The van der Waals surface area contributed by atoms with Crippen LogP contribution in [0, 0.1) is 0 Å². The van der Waals surface area contributed by atoms with Crippen molar-refractivity contribution in [3.8, 4) is 0 Å². The highest BCUT2D eigenvalue weighted by Crippen LogP contribution is 2.17. The molecule has 2 N–H and O–H groups in total. The number of hydrogen-bond acceptors (Lipinski definition) is 3. The maximum absolute atomic E-state index is 11.3. The first kappa shape index (κ1) is 13.7. The summed E-state index contributed by atoms with van der Waals surface area (Å²) in [6.45, 7) is 2.28. The second kappa shape index (κ2) is 6.37. The van der Waals surface area contributed by atoms with E-state index < -0.39 is 11.9 Å². The molecule has 1 aromatic carbocycles. The standard InChI is InChI=1S/C13H19NO3/c1-10(9-15)14(2)8-12(13(16)17)11-6-4-3-5-7-11/h3-7,10,12,15H,8-9H2,1-2H3,(H,16,17). The molecule has 1 rings (SSSR count). The molecule has 0 aliphatic heterocycles. The number of hydrogen-bond donors (Lipinski definition) is 2. The minimum atomic E-state index is -0.840. The van der Waals surface area contributed by atoms with Crippen molar-refractivity contribution in [3.05, 3.63) is 35.9 Å². The number of aliphatic carboxylic acids is 1. The fourth-order valence-electron chi connectivity index (χ4n) is 1.62. The first-order valence-electron chi connectivity index (χ1n) is 5.65. The van der Waals surface area contributed by atoms with Crippen LogP contribution in [0.1, 0.15) is 18.4 Å². The van der Waals surface area contributed by atoms with Crippen molar-refractivity contribution in [2.45, 2.75) is 18.9 Å². The highest BCUT2D eigenvalue weighted by molar-refractivity contribution is 5.76. The molecule has 0 radical (unpaired) electrons. The van der Waals surface area contributed by atoms with Crippen molar-refractivity contribution in [3.63, 3.8) is 0 Å². The Balaban J connectivity index is 2.78. The zero-order valence-corrected chi connectivity index (χ0v) is 10.2. The zero-order valence-electron chi connectivity index (χ0n) is 10.2. The minimum Gasteiger partial charge on any atom is -0.481 e. The molecule has 4 heteroatoms. The molecule has 0 aliphatic rings. The van der Waals surface area contributed by atoms with Crippen LogP contribution < -0.4 is 0 Å². The Morgan fingerprint density at radius 3 is 2.41 bits per heavy atom. The highest BCUT2D eigenvalue weighted by atomic mass is 16.4. The molecule has 0 heterocycles. The molecule has 17 heavy (non-hydrogen) atoms. The summed E-state index contributed by atoms with van der Waals surface area (Å²) in [6, 6.07) is 9.12. The molecular weight excluding hydrogens is 218 g/mol. The molecule has 0 aromatic heterocycles. The summed E-state index contributed by atoms with van der Waals surface area (Å²) < 4.78 is 0. The Hall–Kier alpha value is -1.39. The van der Waals surface area contributed by atoms with Gasteiger partial charge in [0.2, 0.25) is 0 Å². The van der Waals surface area contributed by atoms with Crippen LogP contribution in [0.4, 0.5) is 0 Å². The number of carboxylic acids is 1. The molecule has 0 bridgehead atoms. The second-order valence-electron chi connectivity index (χ2n) is 4.27. The SMILES string of the molecule is CC(CO)N(C)CC(C(=O)O)c1ccccc1. The van der Waals surface area contributed by atoms with E-state index in [2.05, 4.69) is 0 Å². The van der Waals surface area contributed by atoms with Gasteiger partial charge in [0.25, 0.3) is 0 Å². The summed E-state index contributed by atoms with van der Waals surface area (Å²) in [4.78, 5) is 13.1. The molecule has 0 spiro atoms. The van der Waals surface area contributed by atoms with Gasteiger partial charge in [0, 0.05) is 12.6 Å². The molecule has 0 aliphatic carbocycles. The summed E-state index contributed by atoms with van der Waals surface area (Å²) in [7, 11) is 1.82. The van der Waals surface area contributed by atoms with E-state index in [1.807, 2.05) is 49.2 Å². The van der Waals surface area contributed by atoms with E-state index in [0.29, 0.717) is 6.54 Å². The van der Waals surface area contributed by atoms with Crippen molar-refractivity contribution in [2.75, 3.05) is 20.2 Å². The third-order valence-corrected chi connectivity index (χ3v) is 2.99. The molecule has 0 fully saturated rings. The number of benzene rings is 1. The van der Waals surface area contributed by atoms with Crippen LogP contribution in [-0.4, -0.2) is 47.3 Å². The Labute approximate surface area is 101 Å². The average Bonchev–Trinajstić information content (AvgIpc) is 2.35. The number of likely N-dealkylation sites (N-methyl/N-ethyl adjacent to an activating group) is 1. The summed E-state index contributed by atoms with van der Waals surface area (Å²) in [6.07, 6.45) is 0. The molecule has 0 saturated carbocycles. The molecular formula is C13H19NO3. The summed E-state index contributed by atoms with van der Waals surface area (Å²) in [5, 5.41) is 18.3. The summed E-state index contributed by atoms with van der Waals surface area (Å²) in [5.41, 5.74) is 0.789. The van der Waals surface area contributed by atoms with E-state index in [4.69, 9.17) is 5.11 Å². The van der Waals surface area contributed by atoms with Gasteiger partial charge in [0.05, 0.1) is 12.5 Å². The Morgan fingerprint density at radius 1 is 1.35 bits per heavy atom. The molecule has 0 amide bonds. The molecule has 2 atom stereocenters. The van der Waals surface area contributed by atoms with Crippen LogP contribution in [0.15, 0.2) is 30.3 Å². The largest absolute Gasteiger partial charge is 0.481 e. The van der Waals surface area contributed by atoms with Gasteiger partial charge in [-0.05, 0) is 19.5 Å². The van der Waals surface area contributed by atoms with Crippen molar-refractivity contribution in [1.82, 2.24) is 4.90 Å². The van der Waals surface area contributed by atoms with Gasteiger partial charge in [0.1, 0.15) is 0 Å². The van der Waals surface area contributed by atoms with Crippen LogP contribution >= 0.6 is 0 Å². The van der Waals surface area contributed by atoms with Crippen LogP contribution in [0.5, 0.6) is 0 Å². The second-order valence-corrected chi connectivity index (χ2v) is 4.27. The fraction of sp³-hybridized carbons (Fsp3) is 0.462. The average molecular weight is 237 g/mol. The lowest BCUT2D eigenvalue weighted by atomic mass is 9.98. The Kier molecular flexibility index (Phi) is 5.12. The van der Waals surface area contributed by atoms with Crippen LogP contribution in [-0.2, 0) is 4.79 Å². The lowest BCUT2D eigenvalue weighted by Crippen LogP contribution is -2.37. The summed E-state index contributed by atoms with van der Waals surface area (Å²) >= 11 is 0. The van der Waals surface area contributed by atoms with Gasteiger partial charge in [-0.15, -0.1) is 0 Å². The Morgan fingerprint density at radius 2 is 1.94 bits per heavy atom. The molecule has 1 aromatic rings. The van der Waals surface area contributed by atoms with E-state index in [1.165, 1.54) is 0 Å². The number of aliphatic hydroxyl groups excluding tert-OH is 1. The first-order chi connectivity index (χ1) is 8.06.